The van der Waals surface area contributed by atoms with E-state index in [4.69, 9.17) is 10.8 Å². The molecule has 0 spiro atoms. The zero-order valence-electron chi connectivity index (χ0n) is 9.43. The summed E-state index contributed by atoms with van der Waals surface area (Å²) in [7, 11) is 0. The Morgan fingerprint density at radius 1 is 1.41 bits per heavy atom. The SMILES string of the molecule is CC(CC(=O)O)NC(=O)Nc1ccccc1N. The second-order valence-electron chi connectivity index (χ2n) is 3.68. The number of nitrogens with two attached hydrogens (primary N) is 1. The minimum Gasteiger partial charge on any atom is -0.481 e. The molecule has 0 heterocycles. The molecule has 1 aromatic carbocycles. The molecule has 5 N–H and O–H groups in total. The number of para-hydroxylation sites is 2. The van der Waals surface area contributed by atoms with E-state index in [1.165, 1.54) is 0 Å². The maximum Gasteiger partial charge on any atom is 0.319 e. The molecule has 0 aliphatic carbocycles. The molecule has 0 bridgehead atoms. The molecule has 6 heteroatoms. The third-order valence-corrected chi connectivity index (χ3v) is 2.07. The Bertz CT molecular complexity index is 420. The number of rotatable bonds is 4. The van der Waals surface area contributed by atoms with Crippen molar-refractivity contribution in [3.63, 3.8) is 0 Å². The fourth-order valence-corrected chi connectivity index (χ4v) is 1.31. The number of nitrogens with one attached hydrogen (secondary N) is 2. The van der Waals surface area contributed by atoms with Crippen molar-refractivity contribution in [3.05, 3.63) is 24.3 Å². The van der Waals surface area contributed by atoms with Gasteiger partial charge in [0.2, 0.25) is 0 Å². The van der Waals surface area contributed by atoms with Crippen molar-refractivity contribution in [1.29, 1.82) is 0 Å². The van der Waals surface area contributed by atoms with Crippen LogP contribution in [0, 0.1) is 0 Å². The molecule has 0 radical (unpaired) electrons. The van der Waals surface area contributed by atoms with Crippen molar-refractivity contribution in [2.45, 2.75) is 19.4 Å². The molecule has 1 atom stereocenters. The highest BCUT2D eigenvalue weighted by Crippen LogP contribution is 2.16. The third kappa shape index (κ3) is 4.42. The van der Waals surface area contributed by atoms with Crippen LogP contribution < -0.4 is 16.4 Å². The first-order chi connectivity index (χ1) is 7.99. The van der Waals surface area contributed by atoms with Crippen molar-refractivity contribution < 1.29 is 14.7 Å². The number of amides is 2. The van der Waals surface area contributed by atoms with Gasteiger partial charge in [-0.25, -0.2) is 4.79 Å². The fraction of sp³-hybridized carbons (Fsp3) is 0.273. The van der Waals surface area contributed by atoms with Gasteiger partial charge in [0.15, 0.2) is 0 Å². The second kappa shape index (κ2) is 5.74. The van der Waals surface area contributed by atoms with Gasteiger partial charge < -0.3 is 21.5 Å². The van der Waals surface area contributed by atoms with Crippen molar-refractivity contribution in [3.8, 4) is 0 Å². The highest BCUT2D eigenvalue weighted by Gasteiger charge is 2.11. The van der Waals surface area contributed by atoms with E-state index in [1.54, 1.807) is 31.2 Å². The van der Waals surface area contributed by atoms with E-state index in [9.17, 15) is 9.59 Å². The molecule has 0 aliphatic rings. The average molecular weight is 237 g/mol. The molecule has 6 nitrogen and oxygen atoms in total. The third-order valence-electron chi connectivity index (χ3n) is 2.07. The molecule has 0 saturated carbocycles. The van der Waals surface area contributed by atoms with Crippen LogP contribution in [0.15, 0.2) is 24.3 Å². The zero-order chi connectivity index (χ0) is 12.8. The van der Waals surface area contributed by atoms with Crippen LogP contribution in [0.1, 0.15) is 13.3 Å². The molecule has 1 aromatic rings. The summed E-state index contributed by atoms with van der Waals surface area (Å²) in [6.07, 6.45) is -0.127. The number of carbonyl (C=O) groups is 2. The van der Waals surface area contributed by atoms with E-state index in [0.717, 1.165) is 0 Å². The molecule has 0 aromatic heterocycles. The lowest BCUT2D eigenvalue weighted by Crippen LogP contribution is -2.37. The summed E-state index contributed by atoms with van der Waals surface area (Å²) in [5.41, 5.74) is 6.59. The predicted molar refractivity (Wildman–Crippen MR) is 64.7 cm³/mol. The number of carboxylic acid groups (broad SMARTS) is 1. The molecule has 92 valence electrons. The summed E-state index contributed by atoms with van der Waals surface area (Å²) in [5, 5.41) is 13.6. The van der Waals surface area contributed by atoms with E-state index in [2.05, 4.69) is 10.6 Å². The molecule has 0 fully saturated rings. The molecule has 1 unspecified atom stereocenters. The van der Waals surface area contributed by atoms with Crippen molar-refractivity contribution in [2.24, 2.45) is 0 Å². The van der Waals surface area contributed by atoms with Crippen LogP contribution >= 0.6 is 0 Å². The highest BCUT2D eigenvalue weighted by molar-refractivity contribution is 5.92. The van der Waals surface area contributed by atoms with Gasteiger partial charge in [-0.15, -0.1) is 0 Å². The molecule has 2 amide bonds. The highest BCUT2D eigenvalue weighted by atomic mass is 16.4. The van der Waals surface area contributed by atoms with Gasteiger partial charge in [-0.3, -0.25) is 4.79 Å². The Hall–Kier alpha value is -2.24. The van der Waals surface area contributed by atoms with Crippen LogP contribution in [0.4, 0.5) is 16.2 Å². The number of benzene rings is 1. The Labute approximate surface area is 98.8 Å². The van der Waals surface area contributed by atoms with Gasteiger partial charge in [-0.05, 0) is 19.1 Å². The van der Waals surface area contributed by atoms with E-state index in [-0.39, 0.29) is 6.42 Å². The first-order valence-corrected chi connectivity index (χ1v) is 5.13. The van der Waals surface area contributed by atoms with Gasteiger partial charge in [-0.1, -0.05) is 12.1 Å². The van der Waals surface area contributed by atoms with Crippen molar-refractivity contribution >= 4 is 23.4 Å². The monoisotopic (exact) mass is 237 g/mol. The minimum absolute atomic E-state index is 0.127. The normalized spacial score (nSPS) is 11.6. The summed E-state index contributed by atoms with van der Waals surface area (Å²) < 4.78 is 0. The number of hydrogen-bond donors (Lipinski definition) is 4. The van der Waals surface area contributed by atoms with Gasteiger partial charge >= 0.3 is 12.0 Å². The number of urea groups is 1. The van der Waals surface area contributed by atoms with Gasteiger partial charge in [0, 0.05) is 6.04 Å². The fourth-order valence-electron chi connectivity index (χ4n) is 1.31. The molecular formula is C11H15N3O3. The van der Waals surface area contributed by atoms with Crippen LogP contribution in [-0.2, 0) is 4.79 Å². The van der Waals surface area contributed by atoms with Crippen LogP contribution in [0.2, 0.25) is 0 Å². The van der Waals surface area contributed by atoms with Crippen molar-refractivity contribution in [2.75, 3.05) is 11.1 Å². The minimum atomic E-state index is -0.961. The van der Waals surface area contributed by atoms with Gasteiger partial charge in [0.25, 0.3) is 0 Å². The lowest BCUT2D eigenvalue weighted by atomic mass is 10.2. The quantitative estimate of drug-likeness (QED) is 0.591. The predicted octanol–water partition coefficient (Wildman–Crippen LogP) is 1.25. The largest absolute Gasteiger partial charge is 0.481 e. The zero-order valence-corrected chi connectivity index (χ0v) is 9.43. The van der Waals surface area contributed by atoms with Gasteiger partial charge in [0.05, 0.1) is 17.8 Å². The van der Waals surface area contributed by atoms with Crippen LogP contribution in [-0.4, -0.2) is 23.1 Å². The Morgan fingerprint density at radius 2 is 2.06 bits per heavy atom. The molecular weight excluding hydrogens is 222 g/mol. The van der Waals surface area contributed by atoms with Crippen LogP contribution in [0.5, 0.6) is 0 Å². The maximum absolute atomic E-state index is 11.5. The van der Waals surface area contributed by atoms with Crippen LogP contribution in [0.3, 0.4) is 0 Å². The summed E-state index contributed by atoms with van der Waals surface area (Å²) in [6, 6.07) is 5.90. The Morgan fingerprint density at radius 3 is 2.65 bits per heavy atom. The Balaban J connectivity index is 2.50. The number of anilines is 2. The molecule has 1 rings (SSSR count). The van der Waals surface area contributed by atoms with Crippen LogP contribution in [0.25, 0.3) is 0 Å². The Kier molecular flexibility index (Phi) is 4.33. The molecule has 0 aliphatic heterocycles. The number of aliphatic carboxylic acids is 1. The second-order valence-corrected chi connectivity index (χ2v) is 3.68. The van der Waals surface area contributed by atoms with Crippen molar-refractivity contribution in [1.82, 2.24) is 5.32 Å². The van der Waals surface area contributed by atoms with Gasteiger partial charge in [-0.2, -0.15) is 0 Å². The summed E-state index contributed by atoms with van der Waals surface area (Å²) in [6.45, 7) is 1.61. The summed E-state index contributed by atoms with van der Waals surface area (Å²) in [5.74, 6) is -0.961. The number of carboxylic acids is 1. The standard InChI is InChI=1S/C11H15N3O3/c1-7(6-10(15)16)13-11(17)14-9-5-3-2-4-8(9)12/h2-5,7H,6,12H2,1H3,(H,15,16)(H2,13,14,17). The number of nitrogen functional groups attached to an aromatic ring is 1. The first kappa shape index (κ1) is 12.8. The number of carbonyl (C=O) groups excluding carboxylic acids is 1. The lowest BCUT2D eigenvalue weighted by Gasteiger charge is -2.13. The lowest BCUT2D eigenvalue weighted by molar-refractivity contribution is -0.137. The molecule has 17 heavy (non-hydrogen) atoms. The van der Waals surface area contributed by atoms with E-state index in [0.29, 0.717) is 11.4 Å². The smallest absolute Gasteiger partial charge is 0.319 e. The van der Waals surface area contributed by atoms with Gasteiger partial charge in [0.1, 0.15) is 0 Å². The number of hydrogen-bond acceptors (Lipinski definition) is 3. The topological polar surface area (TPSA) is 104 Å². The summed E-state index contributed by atoms with van der Waals surface area (Å²) in [4.78, 5) is 21.9. The van der Waals surface area contributed by atoms with E-state index >= 15 is 0 Å². The van der Waals surface area contributed by atoms with E-state index < -0.39 is 18.0 Å². The first-order valence-electron chi connectivity index (χ1n) is 5.13. The maximum atomic E-state index is 11.5. The molecule has 0 saturated heterocycles. The summed E-state index contributed by atoms with van der Waals surface area (Å²) >= 11 is 0. The average Bonchev–Trinajstić information content (AvgIpc) is 2.19. The van der Waals surface area contributed by atoms with E-state index in [1.807, 2.05) is 0 Å².